The molecule has 1 aromatic carbocycles. The lowest BCUT2D eigenvalue weighted by molar-refractivity contribution is -0.122. The van der Waals surface area contributed by atoms with Crippen LogP contribution < -0.4 is 11.1 Å². The second kappa shape index (κ2) is 7.59. The summed E-state index contributed by atoms with van der Waals surface area (Å²) in [6, 6.07) is 11.6. The zero-order chi connectivity index (χ0) is 16.9. The van der Waals surface area contributed by atoms with E-state index < -0.39 is 0 Å². The summed E-state index contributed by atoms with van der Waals surface area (Å²) in [5.41, 5.74) is 8.44. The molecule has 2 aromatic rings. The Hall–Kier alpha value is -2.18. The molecule has 2 heterocycles. The van der Waals surface area contributed by atoms with E-state index in [1.54, 1.807) is 6.07 Å². The number of nitrogens with one attached hydrogen (secondary N) is 1. The number of rotatable bonds is 6. The van der Waals surface area contributed by atoms with Crippen molar-refractivity contribution in [2.75, 3.05) is 11.9 Å². The summed E-state index contributed by atoms with van der Waals surface area (Å²) in [5, 5.41) is 11.6. The number of benzene rings is 1. The Kier molecular flexibility index (Phi) is 5.27. The van der Waals surface area contributed by atoms with Crippen molar-refractivity contribution in [2.24, 2.45) is 5.73 Å². The first kappa shape index (κ1) is 16.7. The summed E-state index contributed by atoms with van der Waals surface area (Å²) >= 11 is 5.73. The monoisotopic (exact) mass is 345 g/mol. The van der Waals surface area contributed by atoms with E-state index in [1.165, 1.54) is 0 Å². The van der Waals surface area contributed by atoms with Crippen LogP contribution in [0.4, 0.5) is 5.69 Å². The molecule has 0 spiro atoms. The molecule has 7 heteroatoms. The van der Waals surface area contributed by atoms with Crippen LogP contribution in [0.1, 0.15) is 24.1 Å². The minimum absolute atomic E-state index is 0.147. The molecule has 0 unspecified atom stereocenters. The molecule has 0 radical (unpaired) electrons. The standard InChI is InChI=1S/C17H20ClN5O/c18-16-7-6-14(21-22-16)10-20-13-4-1-3-12(9-13)11-23-8-2-5-15(23)17(19)24/h1,3-4,6-7,9,15,20H,2,5,8,10-11H2,(H2,19,24)/t15-/m1/s1. The van der Waals surface area contributed by atoms with Gasteiger partial charge in [-0.2, -0.15) is 5.10 Å². The van der Waals surface area contributed by atoms with E-state index >= 15 is 0 Å². The number of hydrogen-bond acceptors (Lipinski definition) is 5. The van der Waals surface area contributed by atoms with Gasteiger partial charge in [0, 0.05) is 12.2 Å². The maximum Gasteiger partial charge on any atom is 0.234 e. The fourth-order valence-corrected chi connectivity index (χ4v) is 3.08. The Morgan fingerprint density at radius 2 is 2.21 bits per heavy atom. The first-order valence-electron chi connectivity index (χ1n) is 7.96. The molecule has 0 bridgehead atoms. The summed E-state index contributed by atoms with van der Waals surface area (Å²) < 4.78 is 0. The highest BCUT2D eigenvalue weighted by Gasteiger charge is 2.28. The molecule has 1 atom stereocenters. The SMILES string of the molecule is NC(=O)[C@H]1CCCN1Cc1cccc(NCc2ccc(Cl)nn2)c1. The number of aromatic nitrogens is 2. The summed E-state index contributed by atoms with van der Waals surface area (Å²) in [6.45, 7) is 2.21. The van der Waals surface area contributed by atoms with E-state index in [-0.39, 0.29) is 11.9 Å². The number of amides is 1. The van der Waals surface area contributed by atoms with E-state index in [0.717, 1.165) is 42.9 Å². The predicted molar refractivity (Wildman–Crippen MR) is 93.4 cm³/mol. The summed E-state index contributed by atoms with van der Waals surface area (Å²) in [7, 11) is 0. The molecule has 3 N–H and O–H groups in total. The van der Waals surface area contributed by atoms with E-state index in [0.29, 0.717) is 11.7 Å². The first-order valence-corrected chi connectivity index (χ1v) is 8.34. The van der Waals surface area contributed by atoms with Gasteiger partial charge in [-0.1, -0.05) is 23.7 Å². The van der Waals surface area contributed by atoms with Crippen LogP contribution in [-0.2, 0) is 17.9 Å². The highest BCUT2D eigenvalue weighted by atomic mass is 35.5. The van der Waals surface area contributed by atoms with Gasteiger partial charge in [0.1, 0.15) is 0 Å². The zero-order valence-electron chi connectivity index (χ0n) is 13.3. The number of carbonyl (C=O) groups is 1. The van der Waals surface area contributed by atoms with Gasteiger partial charge in [-0.15, -0.1) is 5.10 Å². The lowest BCUT2D eigenvalue weighted by atomic mass is 10.1. The fourth-order valence-electron chi connectivity index (χ4n) is 2.98. The fraction of sp³-hybridized carbons (Fsp3) is 0.353. The van der Waals surface area contributed by atoms with Crippen molar-refractivity contribution in [1.82, 2.24) is 15.1 Å². The van der Waals surface area contributed by atoms with Crippen LogP contribution in [0.15, 0.2) is 36.4 Å². The van der Waals surface area contributed by atoms with Crippen molar-refractivity contribution in [1.29, 1.82) is 0 Å². The lowest BCUT2D eigenvalue weighted by Gasteiger charge is -2.22. The predicted octanol–water partition coefficient (Wildman–Crippen LogP) is 2.19. The second-order valence-corrected chi connectivity index (χ2v) is 6.32. The number of nitrogens with zero attached hydrogens (tertiary/aromatic N) is 3. The minimum Gasteiger partial charge on any atom is -0.379 e. The first-order chi connectivity index (χ1) is 11.6. The van der Waals surface area contributed by atoms with Crippen LogP contribution in [0.2, 0.25) is 5.15 Å². The Balaban J connectivity index is 1.61. The average Bonchev–Trinajstić information content (AvgIpc) is 3.03. The zero-order valence-corrected chi connectivity index (χ0v) is 14.0. The normalized spacial score (nSPS) is 17.8. The highest BCUT2D eigenvalue weighted by Crippen LogP contribution is 2.21. The van der Waals surface area contributed by atoms with Gasteiger partial charge < -0.3 is 11.1 Å². The van der Waals surface area contributed by atoms with Crippen molar-refractivity contribution < 1.29 is 4.79 Å². The molecule has 1 aromatic heterocycles. The van der Waals surface area contributed by atoms with Gasteiger partial charge in [-0.3, -0.25) is 9.69 Å². The van der Waals surface area contributed by atoms with Crippen molar-refractivity contribution >= 4 is 23.2 Å². The van der Waals surface area contributed by atoms with Gasteiger partial charge in [-0.25, -0.2) is 0 Å². The number of hydrogen-bond donors (Lipinski definition) is 2. The van der Waals surface area contributed by atoms with Crippen molar-refractivity contribution in [3.05, 3.63) is 52.8 Å². The van der Waals surface area contributed by atoms with Gasteiger partial charge in [0.05, 0.1) is 18.3 Å². The molecular weight excluding hydrogens is 326 g/mol. The average molecular weight is 346 g/mol. The Labute approximate surface area is 146 Å². The van der Waals surface area contributed by atoms with Crippen LogP contribution in [0.3, 0.4) is 0 Å². The Morgan fingerprint density at radius 3 is 2.96 bits per heavy atom. The van der Waals surface area contributed by atoms with Crippen molar-refractivity contribution in [2.45, 2.75) is 32.0 Å². The minimum atomic E-state index is -0.233. The van der Waals surface area contributed by atoms with Gasteiger partial charge >= 0.3 is 0 Å². The lowest BCUT2D eigenvalue weighted by Crippen LogP contribution is -2.39. The summed E-state index contributed by atoms with van der Waals surface area (Å²) in [5.74, 6) is -0.233. The van der Waals surface area contributed by atoms with Crippen LogP contribution in [0, 0.1) is 0 Å². The Bertz CT molecular complexity index is 706. The van der Waals surface area contributed by atoms with Gasteiger partial charge in [0.15, 0.2) is 5.15 Å². The molecule has 1 amide bonds. The van der Waals surface area contributed by atoms with Crippen LogP contribution in [0.25, 0.3) is 0 Å². The quantitative estimate of drug-likeness (QED) is 0.838. The molecule has 1 aliphatic heterocycles. The van der Waals surface area contributed by atoms with Crippen molar-refractivity contribution in [3.63, 3.8) is 0 Å². The second-order valence-electron chi connectivity index (χ2n) is 5.93. The molecule has 1 saturated heterocycles. The maximum atomic E-state index is 11.5. The maximum absolute atomic E-state index is 11.5. The number of primary amides is 1. The molecule has 3 rings (SSSR count). The van der Waals surface area contributed by atoms with Crippen LogP contribution in [0.5, 0.6) is 0 Å². The number of carbonyl (C=O) groups excluding carboxylic acids is 1. The van der Waals surface area contributed by atoms with Crippen LogP contribution >= 0.6 is 11.6 Å². The number of likely N-dealkylation sites (tertiary alicyclic amines) is 1. The topological polar surface area (TPSA) is 84.1 Å². The number of halogens is 1. The molecule has 126 valence electrons. The smallest absolute Gasteiger partial charge is 0.234 e. The van der Waals surface area contributed by atoms with Gasteiger partial charge in [0.25, 0.3) is 0 Å². The third kappa shape index (κ3) is 4.21. The number of nitrogens with two attached hydrogens (primary N) is 1. The van der Waals surface area contributed by atoms with Gasteiger partial charge in [0.2, 0.25) is 5.91 Å². The molecule has 1 fully saturated rings. The largest absolute Gasteiger partial charge is 0.379 e. The van der Waals surface area contributed by atoms with E-state index in [2.05, 4.69) is 32.5 Å². The third-order valence-corrected chi connectivity index (χ3v) is 4.37. The summed E-state index contributed by atoms with van der Waals surface area (Å²) in [6.07, 6.45) is 1.86. The molecule has 6 nitrogen and oxygen atoms in total. The summed E-state index contributed by atoms with van der Waals surface area (Å²) in [4.78, 5) is 13.6. The van der Waals surface area contributed by atoms with Crippen molar-refractivity contribution in [3.8, 4) is 0 Å². The molecular formula is C17H20ClN5O. The van der Waals surface area contributed by atoms with E-state index in [9.17, 15) is 4.79 Å². The number of anilines is 1. The highest BCUT2D eigenvalue weighted by molar-refractivity contribution is 6.29. The Morgan fingerprint density at radius 1 is 1.33 bits per heavy atom. The molecule has 1 aliphatic rings. The molecule has 0 saturated carbocycles. The van der Waals surface area contributed by atoms with E-state index in [1.807, 2.05) is 18.2 Å². The molecule has 24 heavy (non-hydrogen) atoms. The molecule has 0 aliphatic carbocycles. The van der Waals surface area contributed by atoms with Crippen LogP contribution in [-0.4, -0.2) is 33.6 Å². The van der Waals surface area contributed by atoms with E-state index in [4.69, 9.17) is 17.3 Å². The third-order valence-electron chi connectivity index (χ3n) is 4.17. The van der Waals surface area contributed by atoms with Gasteiger partial charge in [-0.05, 0) is 49.2 Å².